The van der Waals surface area contributed by atoms with Crippen LogP contribution in [0.1, 0.15) is 73.1 Å². The number of carboxylic acids is 1. The molecule has 2 saturated carbocycles. The van der Waals surface area contributed by atoms with E-state index in [1.54, 1.807) is 6.92 Å². The zero-order valence-electron chi connectivity index (χ0n) is 21.7. The van der Waals surface area contributed by atoms with Crippen LogP contribution in [0.4, 0.5) is 0 Å². The Kier molecular flexibility index (Phi) is 6.70. The van der Waals surface area contributed by atoms with Crippen molar-refractivity contribution in [3.05, 3.63) is 11.1 Å². The Bertz CT molecular complexity index is 1050. The van der Waals surface area contributed by atoms with Gasteiger partial charge in [0, 0.05) is 48.2 Å². The van der Waals surface area contributed by atoms with Gasteiger partial charge in [-0.2, -0.15) is 0 Å². The molecule has 0 aliphatic heterocycles. The minimum Gasteiger partial charge on any atom is -0.481 e. The number of aliphatic hydroxyl groups excluding tert-OH is 2. The van der Waals surface area contributed by atoms with E-state index in [9.17, 15) is 34.2 Å². The van der Waals surface area contributed by atoms with Gasteiger partial charge in [0.05, 0.1) is 17.9 Å². The number of hydrogen-bond donors (Lipinski definition) is 3. The van der Waals surface area contributed by atoms with Crippen molar-refractivity contribution in [2.45, 2.75) is 85.4 Å². The van der Waals surface area contributed by atoms with E-state index in [1.807, 2.05) is 20.8 Å². The lowest BCUT2D eigenvalue weighted by Crippen LogP contribution is -2.58. The molecular weight excluding hydrogens is 464 g/mol. The predicted octanol–water partition coefficient (Wildman–Crippen LogP) is 2.53. The molecule has 8 heteroatoms. The molecule has 3 N–H and O–H groups in total. The van der Waals surface area contributed by atoms with Crippen molar-refractivity contribution in [2.75, 3.05) is 0 Å². The van der Waals surface area contributed by atoms with Gasteiger partial charge in [-0.3, -0.25) is 24.0 Å². The van der Waals surface area contributed by atoms with Crippen molar-refractivity contribution in [3.63, 3.8) is 0 Å². The molecule has 0 heterocycles. The number of aliphatic carboxylic acids is 1. The van der Waals surface area contributed by atoms with Gasteiger partial charge in [-0.25, -0.2) is 0 Å². The van der Waals surface area contributed by atoms with E-state index in [-0.39, 0.29) is 66.0 Å². The second-order valence-corrected chi connectivity index (χ2v) is 12.6. The lowest BCUT2D eigenvalue weighted by molar-refractivity contribution is -0.145. The molecule has 8 nitrogen and oxygen atoms in total. The van der Waals surface area contributed by atoms with Crippen LogP contribution in [0.15, 0.2) is 11.1 Å². The molecule has 4 aliphatic rings. The molecule has 36 heavy (non-hydrogen) atoms. The van der Waals surface area contributed by atoms with Crippen molar-refractivity contribution < 1.29 is 39.3 Å². The Labute approximate surface area is 211 Å². The summed E-state index contributed by atoms with van der Waals surface area (Å²) in [6, 6.07) is 0. The van der Waals surface area contributed by atoms with E-state index < -0.39 is 58.5 Å². The van der Waals surface area contributed by atoms with E-state index >= 15 is 0 Å². The zero-order valence-corrected chi connectivity index (χ0v) is 21.7. The average molecular weight is 503 g/mol. The summed E-state index contributed by atoms with van der Waals surface area (Å²) in [6.07, 6.45) is -0.958. The highest BCUT2D eigenvalue weighted by Crippen LogP contribution is 2.63. The Morgan fingerprint density at radius 3 is 2.28 bits per heavy atom. The van der Waals surface area contributed by atoms with E-state index in [0.717, 1.165) is 0 Å². The lowest BCUT2D eigenvalue weighted by atomic mass is 9.46. The first-order valence-corrected chi connectivity index (χ1v) is 13.1. The van der Waals surface area contributed by atoms with Crippen molar-refractivity contribution in [1.29, 1.82) is 0 Å². The monoisotopic (exact) mass is 502 g/mol. The maximum Gasteiger partial charge on any atom is 0.306 e. The maximum absolute atomic E-state index is 13.8. The van der Waals surface area contributed by atoms with Crippen LogP contribution >= 0.6 is 0 Å². The van der Waals surface area contributed by atoms with Gasteiger partial charge in [-0.1, -0.05) is 34.6 Å². The first kappa shape index (κ1) is 26.9. The minimum atomic E-state index is -1.45. The number of carboxylic acid groups (broad SMARTS) is 1. The van der Waals surface area contributed by atoms with Crippen LogP contribution in [0.5, 0.6) is 0 Å². The Balaban J connectivity index is 1.69. The van der Waals surface area contributed by atoms with E-state index in [4.69, 9.17) is 5.11 Å². The molecule has 0 bridgehead atoms. The quantitative estimate of drug-likeness (QED) is 0.502. The number of ketones is 4. The second kappa shape index (κ2) is 8.98. The lowest BCUT2D eigenvalue weighted by Gasteiger charge is -2.57. The van der Waals surface area contributed by atoms with E-state index in [2.05, 4.69) is 0 Å². The summed E-state index contributed by atoms with van der Waals surface area (Å²) in [5.74, 6) is -5.78. The fourth-order valence-corrected chi connectivity index (χ4v) is 7.96. The molecule has 0 amide bonds. The normalized spacial score (nSPS) is 39.2. The Hall–Kier alpha value is -2.19. The first-order valence-electron chi connectivity index (χ1n) is 13.1. The van der Waals surface area contributed by atoms with Gasteiger partial charge < -0.3 is 15.3 Å². The van der Waals surface area contributed by atoms with E-state index in [1.165, 1.54) is 6.92 Å². The van der Waals surface area contributed by atoms with Crippen LogP contribution in [0.25, 0.3) is 0 Å². The largest absolute Gasteiger partial charge is 0.481 e. The molecule has 4 rings (SSSR count). The highest BCUT2D eigenvalue weighted by molar-refractivity contribution is 6.15. The van der Waals surface area contributed by atoms with E-state index in [0.29, 0.717) is 12.8 Å². The summed E-state index contributed by atoms with van der Waals surface area (Å²) in [5, 5.41) is 31.0. The third-order valence-corrected chi connectivity index (χ3v) is 10.1. The van der Waals surface area contributed by atoms with Crippen LogP contribution in [0.3, 0.4) is 0 Å². The highest BCUT2D eigenvalue weighted by atomic mass is 16.4. The summed E-state index contributed by atoms with van der Waals surface area (Å²) in [4.78, 5) is 64.3. The van der Waals surface area contributed by atoms with Crippen molar-refractivity contribution in [1.82, 2.24) is 0 Å². The maximum atomic E-state index is 13.8. The van der Waals surface area contributed by atoms with Gasteiger partial charge in [0.25, 0.3) is 0 Å². The molecule has 0 saturated heterocycles. The predicted molar refractivity (Wildman–Crippen MR) is 129 cm³/mol. The Morgan fingerprint density at radius 2 is 1.67 bits per heavy atom. The second-order valence-electron chi connectivity index (χ2n) is 12.6. The van der Waals surface area contributed by atoms with Gasteiger partial charge in [0.2, 0.25) is 0 Å². The number of aliphatic hydroxyl groups is 2. The smallest absolute Gasteiger partial charge is 0.306 e. The molecular formula is C28H38O8. The van der Waals surface area contributed by atoms with Crippen LogP contribution in [0.2, 0.25) is 0 Å². The number of rotatable bonds is 6. The number of Topliss-reactive ketones (excluding diaryl/α,β-unsaturated/α-hetero) is 4. The van der Waals surface area contributed by atoms with Gasteiger partial charge in [0.1, 0.15) is 17.7 Å². The Morgan fingerprint density at radius 1 is 1.03 bits per heavy atom. The minimum absolute atomic E-state index is 0.0470. The highest BCUT2D eigenvalue weighted by Gasteiger charge is 2.64. The summed E-state index contributed by atoms with van der Waals surface area (Å²) in [7, 11) is 0. The third kappa shape index (κ3) is 3.92. The van der Waals surface area contributed by atoms with Crippen LogP contribution in [-0.2, 0) is 24.0 Å². The number of carbonyl (C=O) groups excluding carboxylic acids is 4. The number of carbonyl (C=O) groups is 5. The zero-order chi connectivity index (χ0) is 26.9. The van der Waals surface area contributed by atoms with Crippen molar-refractivity contribution in [2.24, 2.45) is 46.3 Å². The summed E-state index contributed by atoms with van der Waals surface area (Å²) in [6.45, 7) is 9.00. The molecule has 0 radical (unpaired) electrons. The molecule has 2 fully saturated rings. The van der Waals surface area contributed by atoms with Crippen molar-refractivity contribution in [3.8, 4) is 0 Å². The van der Waals surface area contributed by atoms with Gasteiger partial charge in [0.15, 0.2) is 11.6 Å². The molecule has 0 aromatic rings. The van der Waals surface area contributed by atoms with Crippen LogP contribution in [0, 0.1) is 46.3 Å². The van der Waals surface area contributed by atoms with Gasteiger partial charge in [-0.15, -0.1) is 0 Å². The molecule has 0 aromatic carbocycles. The number of hydrogen-bond acceptors (Lipinski definition) is 7. The fraction of sp³-hybridized carbons (Fsp3) is 0.750. The molecule has 4 aliphatic carbocycles. The first-order chi connectivity index (χ1) is 16.6. The third-order valence-electron chi connectivity index (χ3n) is 10.1. The topological polar surface area (TPSA) is 146 Å². The van der Waals surface area contributed by atoms with Crippen molar-refractivity contribution >= 4 is 29.1 Å². The molecule has 5 unspecified atom stereocenters. The summed E-state index contributed by atoms with van der Waals surface area (Å²) >= 11 is 0. The van der Waals surface area contributed by atoms with Gasteiger partial charge in [-0.05, 0) is 36.0 Å². The average Bonchev–Trinajstić information content (AvgIpc) is 3.13. The summed E-state index contributed by atoms with van der Waals surface area (Å²) in [5.41, 5.74) is -0.785. The SMILES string of the molecule is CC(CC(=O)CC(C)[C@H]1CC(=O)C2C3=C(C(=O)[C@@H](O)C21)[C@@]1(C)CC[C@H](O)C(C)(C)C1CC3=O)C(=O)O. The fourth-order valence-electron chi connectivity index (χ4n) is 7.96. The number of allylic oxidation sites excluding steroid dienone is 1. The molecule has 198 valence electrons. The summed E-state index contributed by atoms with van der Waals surface area (Å²) < 4.78 is 0. The molecule has 0 spiro atoms. The van der Waals surface area contributed by atoms with Gasteiger partial charge >= 0.3 is 5.97 Å². The standard InChI is InChI=1S/C28H38O8/c1-12(8-14(29)9-13(2)26(35)36)15-10-16(30)21-20(15)24(33)25(34)23-22(21)17(31)11-18-27(3,4)19(32)6-7-28(18,23)5/h12-13,15,18-21,24,32-33H,6-11H2,1-5H3,(H,35,36)/t12?,13?,15-,18?,19+,20?,21?,24+,28+/m1/s1. The molecule has 9 atom stereocenters. The van der Waals surface area contributed by atoms with Crippen LogP contribution in [-0.4, -0.2) is 56.6 Å². The molecule has 0 aromatic heterocycles. The van der Waals surface area contributed by atoms with Crippen LogP contribution < -0.4 is 0 Å². The number of fused-ring (bicyclic) bond motifs is 4.